The first-order valence-electron chi connectivity index (χ1n) is 10.0. The molecule has 0 bridgehead atoms. The zero-order chi connectivity index (χ0) is 19.6. The van der Waals surface area contributed by atoms with E-state index in [2.05, 4.69) is 51.9 Å². The fraction of sp³-hybridized carbons (Fsp3) is 0.700. The molecule has 28 heavy (non-hydrogen) atoms. The van der Waals surface area contributed by atoms with Crippen LogP contribution in [0.3, 0.4) is 0 Å². The molecule has 0 aromatic carbocycles. The van der Waals surface area contributed by atoms with Crippen molar-refractivity contribution in [2.24, 2.45) is 10.9 Å². The van der Waals surface area contributed by atoms with Gasteiger partial charge in [0.15, 0.2) is 5.96 Å². The lowest BCUT2D eigenvalue weighted by Crippen LogP contribution is -2.45. The Morgan fingerprint density at radius 1 is 1.36 bits per heavy atom. The van der Waals surface area contributed by atoms with Gasteiger partial charge in [-0.15, -0.1) is 35.3 Å². The number of hydrogen-bond donors (Lipinski definition) is 2. The predicted octanol–water partition coefficient (Wildman–Crippen LogP) is 3.17. The topological polar surface area (TPSA) is 60.0 Å². The first-order chi connectivity index (χ1) is 13.0. The molecule has 1 aromatic heterocycles. The van der Waals surface area contributed by atoms with E-state index in [4.69, 9.17) is 0 Å². The molecule has 1 unspecified atom stereocenters. The van der Waals surface area contributed by atoms with Crippen LogP contribution < -0.4 is 10.6 Å². The summed E-state index contributed by atoms with van der Waals surface area (Å²) in [7, 11) is 3.52. The molecule has 0 radical (unpaired) electrons. The number of likely N-dealkylation sites (N-methyl/N-ethyl adjacent to an activating group) is 1. The molecule has 2 N–H and O–H groups in total. The van der Waals surface area contributed by atoms with Crippen molar-refractivity contribution in [1.29, 1.82) is 0 Å². The molecule has 1 aliphatic rings. The number of carbonyl (C=O) groups is 1. The highest BCUT2D eigenvalue weighted by Gasteiger charge is 2.25. The van der Waals surface area contributed by atoms with Crippen molar-refractivity contribution < 1.29 is 4.79 Å². The molecule has 0 aliphatic carbocycles. The van der Waals surface area contributed by atoms with Crippen molar-refractivity contribution in [1.82, 2.24) is 20.4 Å². The molecule has 1 saturated heterocycles. The van der Waals surface area contributed by atoms with Crippen molar-refractivity contribution in [3.63, 3.8) is 0 Å². The lowest BCUT2D eigenvalue weighted by molar-refractivity contribution is -0.127. The van der Waals surface area contributed by atoms with Gasteiger partial charge in [0.1, 0.15) is 6.54 Å². The molecule has 1 amide bonds. The van der Waals surface area contributed by atoms with Gasteiger partial charge in [0.2, 0.25) is 5.91 Å². The zero-order valence-corrected chi connectivity index (χ0v) is 20.8. The van der Waals surface area contributed by atoms with Gasteiger partial charge in [-0.05, 0) is 49.7 Å². The minimum absolute atomic E-state index is 0. The number of thiophene rings is 1. The van der Waals surface area contributed by atoms with Gasteiger partial charge in [-0.2, -0.15) is 0 Å². The van der Waals surface area contributed by atoms with Crippen molar-refractivity contribution >= 4 is 47.2 Å². The third-order valence-corrected chi connectivity index (χ3v) is 5.98. The van der Waals surface area contributed by atoms with E-state index in [1.165, 1.54) is 17.7 Å². The van der Waals surface area contributed by atoms with Gasteiger partial charge in [-0.3, -0.25) is 9.69 Å². The predicted molar refractivity (Wildman–Crippen MR) is 130 cm³/mol. The van der Waals surface area contributed by atoms with E-state index < -0.39 is 0 Å². The van der Waals surface area contributed by atoms with Crippen molar-refractivity contribution in [3.05, 3.63) is 22.4 Å². The number of halogens is 1. The summed E-state index contributed by atoms with van der Waals surface area (Å²) in [5.41, 5.74) is 0. The van der Waals surface area contributed by atoms with Gasteiger partial charge in [0.25, 0.3) is 0 Å². The van der Waals surface area contributed by atoms with E-state index in [0.29, 0.717) is 6.04 Å². The minimum atomic E-state index is 0. The van der Waals surface area contributed by atoms with Gasteiger partial charge in [0, 0.05) is 32.1 Å². The highest BCUT2D eigenvalue weighted by atomic mass is 127. The number of piperidine rings is 1. The number of carbonyl (C=O) groups excluding carboxylic acids is 1. The number of hydrogen-bond acceptors (Lipinski definition) is 4. The normalized spacial score (nSPS) is 16.9. The Balaban J connectivity index is 0.00000392. The average Bonchev–Trinajstić information content (AvgIpc) is 3.18. The van der Waals surface area contributed by atoms with Crippen LogP contribution in [0.25, 0.3) is 0 Å². The van der Waals surface area contributed by atoms with Crippen molar-refractivity contribution in [2.75, 3.05) is 46.8 Å². The smallest absolute Gasteiger partial charge is 0.243 e. The molecule has 2 rings (SSSR count). The Bertz CT molecular complexity index is 585. The fourth-order valence-corrected chi connectivity index (χ4v) is 3.99. The summed E-state index contributed by atoms with van der Waals surface area (Å²) in [6, 6.07) is 4.69. The van der Waals surface area contributed by atoms with Gasteiger partial charge in [-0.25, -0.2) is 4.99 Å². The maximum atomic E-state index is 11.9. The number of guanidine groups is 1. The standard InChI is InChI=1S/C20H35N5OS.HI/c1-5-10-21-20(23-15-19(26)24(3)4)22-14-17(18-7-6-13-27-18)25-11-8-16(2)9-12-25;/h6-7,13,16-17H,5,8-12,14-15H2,1-4H3,(H2,21,22,23);1H. The monoisotopic (exact) mass is 521 g/mol. The molecule has 0 spiro atoms. The Morgan fingerprint density at radius 3 is 2.64 bits per heavy atom. The van der Waals surface area contributed by atoms with Crippen LogP contribution in [-0.4, -0.2) is 68.5 Å². The van der Waals surface area contributed by atoms with E-state index in [0.717, 1.165) is 44.5 Å². The number of amides is 1. The highest BCUT2D eigenvalue weighted by molar-refractivity contribution is 14.0. The van der Waals surface area contributed by atoms with Crippen LogP contribution in [0.2, 0.25) is 0 Å². The molecule has 8 heteroatoms. The van der Waals surface area contributed by atoms with Gasteiger partial charge in [0.05, 0.1) is 6.04 Å². The molecular formula is C20H36IN5OS. The van der Waals surface area contributed by atoms with E-state index in [1.807, 2.05) is 11.3 Å². The van der Waals surface area contributed by atoms with E-state index in [1.54, 1.807) is 19.0 Å². The zero-order valence-electron chi connectivity index (χ0n) is 17.6. The number of likely N-dealkylation sites (tertiary alicyclic amines) is 1. The maximum Gasteiger partial charge on any atom is 0.243 e. The Hall–Kier alpha value is -0.870. The minimum Gasteiger partial charge on any atom is -0.356 e. The third kappa shape index (κ3) is 8.24. The Morgan fingerprint density at radius 2 is 2.07 bits per heavy atom. The quantitative estimate of drug-likeness (QED) is 0.314. The average molecular weight is 522 g/mol. The van der Waals surface area contributed by atoms with Gasteiger partial charge in [-0.1, -0.05) is 19.9 Å². The summed E-state index contributed by atoms with van der Waals surface area (Å²) in [6.45, 7) is 8.54. The molecule has 6 nitrogen and oxygen atoms in total. The second-order valence-electron chi connectivity index (χ2n) is 7.51. The maximum absolute atomic E-state index is 11.9. The summed E-state index contributed by atoms with van der Waals surface area (Å²) in [5.74, 6) is 1.55. The SMILES string of the molecule is CCCNC(=NCC(=O)N(C)C)NCC(c1cccs1)N1CCC(C)CC1.I. The molecule has 1 aromatic rings. The van der Waals surface area contributed by atoms with Crippen LogP contribution in [-0.2, 0) is 4.79 Å². The number of nitrogens with zero attached hydrogens (tertiary/aromatic N) is 3. The first kappa shape index (κ1) is 25.2. The molecule has 1 atom stereocenters. The molecular weight excluding hydrogens is 485 g/mol. The lowest BCUT2D eigenvalue weighted by atomic mass is 9.97. The van der Waals surface area contributed by atoms with Crippen molar-refractivity contribution in [3.8, 4) is 0 Å². The van der Waals surface area contributed by atoms with Crippen molar-refractivity contribution in [2.45, 2.75) is 39.2 Å². The second kappa shape index (κ2) is 13.4. The van der Waals surface area contributed by atoms with Crippen LogP contribution in [0.15, 0.2) is 22.5 Å². The lowest BCUT2D eigenvalue weighted by Gasteiger charge is -2.36. The van der Waals surface area contributed by atoms with Gasteiger partial charge < -0.3 is 15.5 Å². The highest BCUT2D eigenvalue weighted by Crippen LogP contribution is 2.28. The van der Waals surface area contributed by atoms with Crippen LogP contribution in [0.1, 0.15) is 44.0 Å². The summed E-state index contributed by atoms with van der Waals surface area (Å²) in [5, 5.41) is 8.95. The molecule has 0 saturated carbocycles. The Kier molecular flexibility index (Phi) is 12.0. The first-order valence-corrected chi connectivity index (χ1v) is 10.9. The second-order valence-corrected chi connectivity index (χ2v) is 8.49. The number of aliphatic imine (C=N–C) groups is 1. The molecule has 1 fully saturated rings. The third-order valence-electron chi connectivity index (χ3n) is 5.01. The van der Waals surface area contributed by atoms with E-state index >= 15 is 0 Å². The Labute approximate surface area is 191 Å². The summed E-state index contributed by atoms with van der Waals surface area (Å²) < 4.78 is 0. The fourth-order valence-electron chi connectivity index (χ4n) is 3.13. The molecule has 2 heterocycles. The summed E-state index contributed by atoms with van der Waals surface area (Å²) in [4.78, 5) is 21.9. The molecule has 1 aliphatic heterocycles. The van der Waals surface area contributed by atoms with Crippen LogP contribution in [0.5, 0.6) is 0 Å². The van der Waals surface area contributed by atoms with E-state index in [-0.39, 0.29) is 36.4 Å². The van der Waals surface area contributed by atoms with Gasteiger partial charge >= 0.3 is 0 Å². The van der Waals surface area contributed by atoms with E-state index in [9.17, 15) is 4.79 Å². The number of nitrogens with one attached hydrogen (secondary N) is 2. The molecule has 160 valence electrons. The van der Waals surface area contributed by atoms with Crippen LogP contribution in [0, 0.1) is 5.92 Å². The summed E-state index contributed by atoms with van der Waals surface area (Å²) in [6.07, 6.45) is 3.53. The largest absolute Gasteiger partial charge is 0.356 e. The van der Waals surface area contributed by atoms with Crippen LogP contribution in [0.4, 0.5) is 0 Å². The summed E-state index contributed by atoms with van der Waals surface area (Å²) >= 11 is 1.81. The number of rotatable bonds is 8. The van der Waals surface area contributed by atoms with Crippen LogP contribution >= 0.6 is 35.3 Å².